The van der Waals surface area contributed by atoms with Crippen molar-refractivity contribution in [2.75, 3.05) is 10.4 Å². The quantitative estimate of drug-likeness (QED) is 0.138. The Hall–Kier alpha value is -3.71. The van der Waals surface area contributed by atoms with Crippen LogP contribution in [0.4, 0.5) is 39.0 Å². The maximum atomic E-state index is 13.0. The van der Waals surface area contributed by atoms with E-state index in [-0.39, 0.29) is 0 Å². The molecule has 0 radical (unpaired) electrons. The smallest absolute Gasteiger partial charge is 0.432 e. The van der Waals surface area contributed by atoms with Gasteiger partial charge in [0.1, 0.15) is 0 Å². The molecule has 0 aliphatic carbocycles. The number of anilines is 3. The van der Waals surface area contributed by atoms with E-state index in [1.807, 2.05) is 54.6 Å². The first-order chi connectivity index (χ1) is 17.9. The van der Waals surface area contributed by atoms with Crippen molar-refractivity contribution in [3.8, 4) is 0 Å². The van der Waals surface area contributed by atoms with E-state index in [2.05, 4.69) is 51.6 Å². The molecular weight excluding hydrogens is 547 g/mol. The van der Waals surface area contributed by atoms with E-state index in [9.17, 15) is 35.2 Å². The maximum Gasteiger partial charge on any atom is 0.432 e. The zero-order valence-electron chi connectivity index (χ0n) is 21.1. The summed E-state index contributed by atoms with van der Waals surface area (Å²) in [6.45, 7) is 3.23. The van der Waals surface area contributed by atoms with Crippen LogP contribution in [0.15, 0.2) is 91.0 Å². The second-order valence-corrected chi connectivity index (χ2v) is 10.6. The molecule has 0 bridgehead atoms. The Bertz CT molecular complexity index is 1260. The highest BCUT2D eigenvalue weighted by Crippen LogP contribution is 2.39. The van der Waals surface area contributed by atoms with Crippen LogP contribution in [0.1, 0.15) is 20.8 Å². The van der Waals surface area contributed by atoms with Gasteiger partial charge in [0.25, 0.3) is 6.10 Å². The number of hydrazine groups is 1. The number of rotatable bonds is 7. The van der Waals surface area contributed by atoms with Crippen LogP contribution in [0.2, 0.25) is 0 Å². The lowest BCUT2D eigenvalue weighted by molar-refractivity contribution is -0.262. The molecular formula is C26H27F5N2O5S. The monoisotopic (exact) mass is 574 g/mol. The highest BCUT2D eigenvalue weighted by molar-refractivity contribution is 7.86. The molecule has 39 heavy (non-hydrogen) atoms. The molecule has 1 atom stereocenters. The Morgan fingerprint density at radius 1 is 0.795 bits per heavy atom. The molecule has 7 nitrogen and oxygen atoms in total. The van der Waals surface area contributed by atoms with E-state index in [0.29, 0.717) is 0 Å². The van der Waals surface area contributed by atoms with E-state index < -0.39 is 39.0 Å². The van der Waals surface area contributed by atoms with Gasteiger partial charge in [-0.3, -0.25) is 19.8 Å². The minimum Gasteiger partial charge on any atom is -0.444 e. The third kappa shape index (κ3) is 8.93. The van der Waals surface area contributed by atoms with Crippen LogP contribution >= 0.6 is 0 Å². The molecule has 3 aromatic carbocycles. The molecule has 3 aromatic rings. The predicted octanol–water partition coefficient (Wildman–Crippen LogP) is 6.84. The third-order valence-corrected chi connectivity index (χ3v) is 5.73. The number of carbonyl (C=O) groups excluding carboxylic acids is 1. The lowest BCUT2D eigenvalue weighted by atomic mass is 9.97. The molecule has 0 aromatic heterocycles. The normalized spacial score (nSPS) is 12.9. The molecule has 2 N–H and O–H groups in total. The van der Waals surface area contributed by atoms with E-state index in [4.69, 9.17) is 4.55 Å². The Morgan fingerprint density at radius 2 is 1.18 bits per heavy atom. The number of nitrogens with zero attached hydrogens (tertiary/aromatic N) is 1. The molecule has 3 rings (SSSR count). The van der Waals surface area contributed by atoms with Crippen LogP contribution < -0.4 is 10.4 Å². The first kappa shape index (κ1) is 31.5. The third-order valence-electron chi connectivity index (χ3n) is 4.83. The number of benzene rings is 3. The highest BCUT2D eigenvalue weighted by atomic mass is 32.2. The fraction of sp³-hybridized carbons (Fsp3) is 0.269. The van der Waals surface area contributed by atoms with Crippen molar-refractivity contribution in [2.24, 2.45) is 5.41 Å². The van der Waals surface area contributed by atoms with Crippen molar-refractivity contribution in [1.82, 2.24) is 0 Å². The Labute approximate surface area is 222 Å². The number of hydrogen-bond acceptors (Lipinski definition) is 6. The molecule has 13 heteroatoms. The number of halogens is 5. The number of esters is 1. The number of carbonyl (C=O) groups is 1. The standard InChI is InChI=1S/C18H16N2.C8H11F5O5S/c1-4-10-16(11-5-1)19-20(17-12-6-2-7-13-17)18-14-8-3-9-15-18;1-6(2,3)5(14)18-4(7(9,10)11)8(12,13)19(15,16)17/h1-15,19H;4H,1-3H3,(H,15,16,17). The van der Waals surface area contributed by atoms with Crippen molar-refractivity contribution >= 4 is 33.1 Å². The van der Waals surface area contributed by atoms with E-state index in [0.717, 1.165) is 37.8 Å². The molecule has 0 aliphatic rings. The largest absolute Gasteiger partial charge is 0.444 e. The highest BCUT2D eigenvalue weighted by Gasteiger charge is 2.66. The van der Waals surface area contributed by atoms with Gasteiger partial charge < -0.3 is 4.74 Å². The second-order valence-electron chi connectivity index (χ2n) is 9.10. The fourth-order valence-electron chi connectivity index (χ4n) is 2.82. The Morgan fingerprint density at radius 3 is 1.51 bits per heavy atom. The van der Waals surface area contributed by atoms with E-state index >= 15 is 0 Å². The van der Waals surface area contributed by atoms with Crippen LogP contribution in [-0.2, 0) is 19.6 Å². The summed E-state index contributed by atoms with van der Waals surface area (Å²) in [7, 11) is -6.41. The van der Waals surface area contributed by atoms with Gasteiger partial charge in [0, 0.05) is 0 Å². The van der Waals surface area contributed by atoms with Crippen molar-refractivity contribution in [3.05, 3.63) is 91.0 Å². The second kappa shape index (κ2) is 12.4. The molecule has 0 heterocycles. The maximum absolute atomic E-state index is 13.0. The van der Waals surface area contributed by atoms with Crippen LogP contribution in [0, 0.1) is 5.41 Å². The van der Waals surface area contributed by atoms with Crippen LogP contribution in [-0.4, -0.2) is 36.5 Å². The van der Waals surface area contributed by atoms with Crippen molar-refractivity contribution in [1.29, 1.82) is 0 Å². The number of para-hydroxylation sites is 3. The number of ether oxygens (including phenoxy) is 1. The number of alkyl halides is 5. The van der Waals surface area contributed by atoms with Gasteiger partial charge in [-0.15, -0.1) is 0 Å². The fourth-order valence-corrected chi connectivity index (χ4v) is 3.27. The molecule has 0 saturated carbocycles. The summed E-state index contributed by atoms with van der Waals surface area (Å²) >= 11 is 0. The zero-order chi connectivity index (χ0) is 29.5. The average molecular weight is 575 g/mol. The van der Waals surface area contributed by atoms with Gasteiger partial charge in [-0.05, 0) is 57.2 Å². The van der Waals surface area contributed by atoms with Gasteiger partial charge >= 0.3 is 27.5 Å². The first-order valence-corrected chi connectivity index (χ1v) is 12.7. The SMILES string of the molecule is CC(C)(C)C(=O)OC(C(F)(F)F)C(F)(F)S(=O)(=O)O.c1ccc(NN(c2ccccc2)c2ccccc2)cc1. The van der Waals surface area contributed by atoms with Crippen LogP contribution in [0.3, 0.4) is 0 Å². The average Bonchev–Trinajstić information content (AvgIpc) is 2.85. The predicted molar refractivity (Wildman–Crippen MR) is 137 cm³/mol. The van der Waals surface area contributed by atoms with E-state index in [1.165, 1.54) is 0 Å². The molecule has 0 amide bonds. The van der Waals surface area contributed by atoms with E-state index in [1.54, 1.807) is 0 Å². The van der Waals surface area contributed by atoms with Crippen LogP contribution in [0.25, 0.3) is 0 Å². The minimum absolute atomic E-state index is 1.06. The molecule has 0 spiro atoms. The van der Waals surface area contributed by atoms with Gasteiger partial charge in [0.05, 0.1) is 22.5 Å². The topological polar surface area (TPSA) is 95.9 Å². The Balaban J connectivity index is 0.000000274. The molecule has 0 aliphatic heterocycles. The minimum atomic E-state index is -6.41. The summed E-state index contributed by atoms with van der Waals surface area (Å²) in [5.74, 6) is -1.70. The van der Waals surface area contributed by atoms with Crippen LogP contribution in [0.5, 0.6) is 0 Å². The summed E-state index contributed by atoms with van der Waals surface area (Å²) in [6.07, 6.45) is -10.2. The molecule has 1 unspecified atom stereocenters. The van der Waals surface area contributed by atoms with Gasteiger partial charge in [0.15, 0.2) is 0 Å². The summed E-state index contributed by atoms with van der Waals surface area (Å²) in [6, 6.07) is 30.7. The zero-order valence-corrected chi connectivity index (χ0v) is 21.9. The lowest BCUT2D eigenvalue weighted by Crippen LogP contribution is -2.53. The molecule has 212 valence electrons. The number of hydrogen-bond donors (Lipinski definition) is 2. The summed E-state index contributed by atoms with van der Waals surface area (Å²) in [4.78, 5) is 11.2. The summed E-state index contributed by atoms with van der Waals surface area (Å²) in [5, 5.41) is -3.62. The Kier molecular flexibility index (Phi) is 10.0. The van der Waals surface area contributed by atoms with Gasteiger partial charge in [-0.2, -0.15) is 30.4 Å². The van der Waals surface area contributed by atoms with Gasteiger partial charge in [-0.25, -0.2) is 0 Å². The van der Waals surface area contributed by atoms with Gasteiger partial charge in [0.2, 0.25) is 0 Å². The van der Waals surface area contributed by atoms with Crippen molar-refractivity contribution < 1.29 is 44.5 Å². The lowest BCUT2D eigenvalue weighted by Gasteiger charge is -2.28. The summed E-state index contributed by atoms with van der Waals surface area (Å²) < 4.78 is 95.3. The van der Waals surface area contributed by atoms with Crippen molar-refractivity contribution in [2.45, 2.75) is 38.3 Å². The summed E-state index contributed by atoms with van der Waals surface area (Å²) in [5.41, 5.74) is 5.13. The first-order valence-electron chi connectivity index (χ1n) is 11.3. The van der Waals surface area contributed by atoms with Crippen molar-refractivity contribution in [3.63, 3.8) is 0 Å². The molecule has 0 saturated heterocycles. The molecule has 0 fully saturated rings. The van der Waals surface area contributed by atoms with Gasteiger partial charge in [-0.1, -0.05) is 54.6 Å². The number of nitrogens with one attached hydrogen (secondary N) is 1.